The molecule has 1 saturated heterocycles. The Bertz CT molecular complexity index is 1420. The number of halogens is 1. The monoisotopic (exact) mass is 552 g/mol. The highest BCUT2D eigenvalue weighted by molar-refractivity contribution is 7.98. The lowest BCUT2D eigenvalue weighted by Gasteiger charge is -2.33. The molecule has 5 rings (SSSR count). The Morgan fingerprint density at radius 1 is 1.00 bits per heavy atom. The smallest absolute Gasteiger partial charge is 0.409 e. The second kappa shape index (κ2) is 11.7. The number of hydrogen-bond donors (Lipinski definition) is 0. The number of amides is 2. The van der Waals surface area contributed by atoms with Gasteiger partial charge in [0.25, 0.3) is 5.91 Å². The molecule has 0 unspecified atom stereocenters. The molecule has 0 bridgehead atoms. The number of piperazine rings is 1. The predicted octanol–water partition coefficient (Wildman–Crippen LogP) is 4.78. The Morgan fingerprint density at radius 3 is 2.45 bits per heavy atom. The molecule has 2 aromatic heterocycles. The zero-order chi connectivity index (χ0) is 26.5. The number of carbonyl (C=O) groups is 2. The van der Waals surface area contributed by atoms with Crippen LogP contribution in [0.3, 0.4) is 0 Å². The molecule has 12 heteroatoms. The van der Waals surface area contributed by atoms with Crippen molar-refractivity contribution < 1.29 is 18.7 Å². The maximum absolute atomic E-state index is 12.9. The molecule has 196 valence electrons. The molecule has 1 aliphatic rings. The third-order valence-electron chi connectivity index (χ3n) is 5.95. The maximum Gasteiger partial charge on any atom is 0.409 e. The molecule has 0 radical (unpaired) electrons. The van der Waals surface area contributed by atoms with E-state index in [1.165, 1.54) is 18.0 Å². The Kier molecular flexibility index (Phi) is 7.94. The summed E-state index contributed by atoms with van der Waals surface area (Å²) in [4.78, 5) is 32.5. The Labute approximate surface area is 228 Å². The molecule has 1 aliphatic heterocycles. The van der Waals surface area contributed by atoms with Gasteiger partial charge in [-0.15, -0.1) is 10.2 Å². The number of nitrogens with zero attached hydrogens (tertiary/aromatic N) is 6. The summed E-state index contributed by atoms with van der Waals surface area (Å²) >= 11 is 7.85. The van der Waals surface area contributed by atoms with Crippen molar-refractivity contribution in [2.24, 2.45) is 0 Å². The van der Waals surface area contributed by atoms with Gasteiger partial charge in [0.15, 0.2) is 16.7 Å². The van der Waals surface area contributed by atoms with Gasteiger partial charge in [-0.3, -0.25) is 9.36 Å². The van der Waals surface area contributed by atoms with E-state index in [1.807, 2.05) is 59.2 Å². The van der Waals surface area contributed by atoms with E-state index in [9.17, 15) is 9.59 Å². The van der Waals surface area contributed by atoms with E-state index in [2.05, 4.69) is 15.2 Å². The molecular weight excluding hydrogens is 528 g/mol. The molecule has 2 aromatic carbocycles. The van der Waals surface area contributed by atoms with E-state index < -0.39 is 0 Å². The minimum absolute atomic E-state index is 0.228. The molecule has 0 spiro atoms. The van der Waals surface area contributed by atoms with Crippen LogP contribution in [0.25, 0.3) is 17.1 Å². The molecule has 2 amide bonds. The number of aromatic nitrogens is 4. The van der Waals surface area contributed by atoms with Crippen LogP contribution in [0.15, 0.2) is 70.4 Å². The summed E-state index contributed by atoms with van der Waals surface area (Å²) in [6.45, 7) is 3.71. The Balaban J connectivity index is 1.28. The molecular formula is C26H25ClN6O4S. The van der Waals surface area contributed by atoms with Gasteiger partial charge < -0.3 is 19.0 Å². The average Bonchev–Trinajstić information content (AvgIpc) is 3.60. The van der Waals surface area contributed by atoms with Crippen molar-refractivity contribution in [3.63, 3.8) is 0 Å². The van der Waals surface area contributed by atoms with Gasteiger partial charge in [-0.25, -0.2) is 9.78 Å². The lowest BCUT2D eigenvalue weighted by Crippen LogP contribution is -2.50. The van der Waals surface area contributed by atoms with Crippen LogP contribution in [-0.2, 0) is 10.5 Å². The van der Waals surface area contributed by atoms with Crippen molar-refractivity contribution in [3.8, 4) is 17.1 Å². The van der Waals surface area contributed by atoms with Crippen LogP contribution in [0.1, 0.15) is 23.3 Å². The summed E-state index contributed by atoms with van der Waals surface area (Å²) in [6.07, 6.45) is 1.01. The molecule has 1 fully saturated rings. The van der Waals surface area contributed by atoms with Gasteiger partial charge in [-0.2, -0.15) is 0 Å². The number of oxazole rings is 1. The molecule has 0 saturated carbocycles. The van der Waals surface area contributed by atoms with Crippen molar-refractivity contribution in [1.82, 2.24) is 29.5 Å². The van der Waals surface area contributed by atoms with Gasteiger partial charge in [0.2, 0.25) is 5.89 Å². The van der Waals surface area contributed by atoms with E-state index in [-0.39, 0.29) is 17.7 Å². The first-order chi connectivity index (χ1) is 18.5. The third kappa shape index (κ3) is 5.53. The maximum atomic E-state index is 12.9. The number of benzene rings is 2. The lowest BCUT2D eigenvalue weighted by atomic mass is 10.2. The topological polar surface area (TPSA) is 107 Å². The SMILES string of the molecule is CCOC(=O)N1CCN(C(=O)c2coc(CSc3nnc(-c4ccccc4Cl)n3-c3ccccc3)n2)CC1. The minimum Gasteiger partial charge on any atom is -0.450 e. The second-order valence-corrected chi connectivity index (χ2v) is 9.70. The van der Waals surface area contributed by atoms with Crippen LogP contribution in [-0.4, -0.2) is 74.3 Å². The van der Waals surface area contributed by atoms with Gasteiger partial charge in [0.1, 0.15) is 6.26 Å². The summed E-state index contributed by atoms with van der Waals surface area (Å²) in [5.74, 6) is 1.12. The van der Waals surface area contributed by atoms with Crippen LogP contribution >= 0.6 is 23.4 Å². The number of para-hydroxylation sites is 1. The highest BCUT2D eigenvalue weighted by Crippen LogP contribution is 2.32. The molecule has 3 heterocycles. The number of ether oxygens (including phenoxy) is 1. The second-order valence-electron chi connectivity index (χ2n) is 8.35. The first kappa shape index (κ1) is 25.8. The fourth-order valence-electron chi connectivity index (χ4n) is 4.06. The fraction of sp³-hybridized carbons (Fsp3) is 0.269. The van der Waals surface area contributed by atoms with Crippen molar-refractivity contribution in [2.75, 3.05) is 32.8 Å². The molecule has 0 aliphatic carbocycles. The summed E-state index contributed by atoms with van der Waals surface area (Å²) in [6, 6.07) is 17.3. The lowest BCUT2D eigenvalue weighted by molar-refractivity contribution is 0.0566. The van der Waals surface area contributed by atoms with Crippen LogP contribution in [0.2, 0.25) is 5.02 Å². The summed E-state index contributed by atoms with van der Waals surface area (Å²) < 4.78 is 12.6. The van der Waals surface area contributed by atoms with E-state index >= 15 is 0 Å². The highest BCUT2D eigenvalue weighted by atomic mass is 35.5. The molecule has 10 nitrogen and oxygen atoms in total. The standard InChI is InChI=1S/C26H25ClN6O4S/c1-2-36-26(35)32-14-12-31(13-15-32)24(34)21-16-37-22(28-21)17-38-25-30-29-23(19-10-6-7-11-20(19)27)33(25)18-8-4-3-5-9-18/h3-11,16H,2,12-15,17H2,1H3. The number of rotatable bonds is 7. The molecule has 38 heavy (non-hydrogen) atoms. The van der Waals surface area contributed by atoms with Crippen LogP contribution in [0, 0.1) is 0 Å². The zero-order valence-corrected chi connectivity index (χ0v) is 22.2. The number of carbonyl (C=O) groups excluding carboxylic acids is 2. The number of hydrogen-bond acceptors (Lipinski definition) is 8. The largest absolute Gasteiger partial charge is 0.450 e. The fourth-order valence-corrected chi connectivity index (χ4v) is 5.09. The minimum atomic E-state index is -0.360. The Morgan fingerprint density at radius 2 is 1.71 bits per heavy atom. The first-order valence-corrected chi connectivity index (χ1v) is 13.5. The third-order valence-corrected chi connectivity index (χ3v) is 7.19. The summed E-state index contributed by atoms with van der Waals surface area (Å²) in [7, 11) is 0. The van der Waals surface area contributed by atoms with Gasteiger partial charge in [0, 0.05) is 37.4 Å². The van der Waals surface area contributed by atoms with E-state index in [0.29, 0.717) is 60.4 Å². The van der Waals surface area contributed by atoms with Crippen molar-refractivity contribution >= 4 is 35.4 Å². The van der Waals surface area contributed by atoms with E-state index in [1.54, 1.807) is 16.7 Å². The average molecular weight is 553 g/mol. The zero-order valence-electron chi connectivity index (χ0n) is 20.6. The normalized spacial score (nSPS) is 13.5. The summed E-state index contributed by atoms with van der Waals surface area (Å²) in [5.41, 5.74) is 1.89. The van der Waals surface area contributed by atoms with Gasteiger partial charge >= 0.3 is 6.09 Å². The van der Waals surface area contributed by atoms with Gasteiger partial charge in [-0.05, 0) is 31.2 Å². The van der Waals surface area contributed by atoms with E-state index in [4.69, 9.17) is 20.8 Å². The molecule has 4 aromatic rings. The van der Waals surface area contributed by atoms with Crippen molar-refractivity contribution in [2.45, 2.75) is 17.8 Å². The summed E-state index contributed by atoms with van der Waals surface area (Å²) in [5, 5.41) is 10.0. The van der Waals surface area contributed by atoms with Gasteiger partial charge in [-0.1, -0.05) is 53.7 Å². The predicted molar refractivity (Wildman–Crippen MR) is 142 cm³/mol. The highest BCUT2D eigenvalue weighted by Gasteiger charge is 2.27. The van der Waals surface area contributed by atoms with Crippen LogP contribution in [0.4, 0.5) is 4.79 Å². The van der Waals surface area contributed by atoms with Crippen molar-refractivity contribution in [3.05, 3.63) is 77.5 Å². The van der Waals surface area contributed by atoms with Crippen LogP contribution in [0.5, 0.6) is 0 Å². The van der Waals surface area contributed by atoms with Crippen LogP contribution < -0.4 is 0 Å². The first-order valence-electron chi connectivity index (χ1n) is 12.1. The number of thioether (sulfide) groups is 1. The quantitative estimate of drug-likeness (QED) is 0.301. The Hall–Kier alpha value is -3.83. The van der Waals surface area contributed by atoms with Crippen molar-refractivity contribution in [1.29, 1.82) is 0 Å². The van der Waals surface area contributed by atoms with Gasteiger partial charge in [0.05, 0.1) is 17.4 Å². The molecule has 0 N–H and O–H groups in total. The van der Waals surface area contributed by atoms with E-state index in [0.717, 1.165) is 11.3 Å². The molecule has 0 atom stereocenters.